The van der Waals surface area contributed by atoms with Crippen LogP contribution in [-0.2, 0) is 0 Å². The number of rotatable bonds is 2. The number of pyridine rings is 1. The highest BCUT2D eigenvalue weighted by Crippen LogP contribution is 2.18. The predicted molar refractivity (Wildman–Crippen MR) is 67.7 cm³/mol. The van der Waals surface area contributed by atoms with E-state index in [1.54, 1.807) is 13.0 Å². The van der Waals surface area contributed by atoms with Gasteiger partial charge in [0.05, 0.1) is 11.3 Å². The predicted octanol–water partition coefficient (Wildman–Crippen LogP) is 2.50. The molecule has 1 amide bonds. The number of hydrogen-bond donors (Lipinski definition) is 2. The molecule has 0 saturated carbocycles. The van der Waals surface area contributed by atoms with E-state index in [1.165, 1.54) is 24.4 Å². The molecule has 0 aliphatic carbocycles. The molecule has 0 radical (unpaired) electrons. The normalized spacial score (nSPS) is 10.3. The molecule has 4 nitrogen and oxygen atoms in total. The minimum atomic E-state index is -0.924. The summed E-state index contributed by atoms with van der Waals surface area (Å²) in [6, 6.07) is 5.49. The maximum Gasteiger partial charge on any atom is 0.258 e. The van der Waals surface area contributed by atoms with Gasteiger partial charge in [-0.3, -0.25) is 4.79 Å². The van der Waals surface area contributed by atoms with E-state index in [4.69, 9.17) is 5.73 Å². The van der Waals surface area contributed by atoms with Crippen LogP contribution in [0.2, 0.25) is 0 Å². The van der Waals surface area contributed by atoms with E-state index in [0.29, 0.717) is 0 Å². The molecule has 98 valence electrons. The first-order valence-corrected chi connectivity index (χ1v) is 5.46. The molecule has 0 spiro atoms. The van der Waals surface area contributed by atoms with Gasteiger partial charge >= 0.3 is 0 Å². The molecular weight excluding hydrogens is 252 g/mol. The van der Waals surface area contributed by atoms with Gasteiger partial charge < -0.3 is 11.1 Å². The van der Waals surface area contributed by atoms with Crippen LogP contribution in [0.15, 0.2) is 30.5 Å². The quantitative estimate of drug-likeness (QED) is 0.874. The molecule has 2 aromatic rings. The third-order valence-electron chi connectivity index (χ3n) is 2.53. The van der Waals surface area contributed by atoms with Crippen molar-refractivity contribution in [3.05, 3.63) is 53.2 Å². The second-order valence-electron chi connectivity index (χ2n) is 4.00. The van der Waals surface area contributed by atoms with Gasteiger partial charge in [0, 0.05) is 6.20 Å². The van der Waals surface area contributed by atoms with Crippen LogP contribution < -0.4 is 11.1 Å². The van der Waals surface area contributed by atoms with E-state index >= 15 is 0 Å². The van der Waals surface area contributed by atoms with Gasteiger partial charge in [-0.15, -0.1) is 0 Å². The van der Waals surface area contributed by atoms with Crippen molar-refractivity contribution in [3.63, 3.8) is 0 Å². The molecule has 1 aromatic carbocycles. The summed E-state index contributed by atoms with van der Waals surface area (Å²) in [6.45, 7) is 1.72. The highest BCUT2D eigenvalue weighted by Gasteiger charge is 2.16. The average molecular weight is 263 g/mol. The SMILES string of the molecule is Cc1ccc(NC(=O)c2ccnc(N)c2F)c(F)c1. The van der Waals surface area contributed by atoms with Crippen molar-refractivity contribution < 1.29 is 13.6 Å². The third-order valence-corrected chi connectivity index (χ3v) is 2.53. The minimum Gasteiger partial charge on any atom is -0.381 e. The van der Waals surface area contributed by atoms with E-state index in [-0.39, 0.29) is 17.1 Å². The summed E-state index contributed by atoms with van der Waals surface area (Å²) in [5.74, 6) is -2.67. The van der Waals surface area contributed by atoms with Crippen molar-refractivity contribution >= 4 is 17.4 Å². The Kier molecular flexibility index (Phi) is 3.41. The molecule has 0 fully saturated rings. The van der Waals surface area contributed by atoms with Gasteiger partial charge in [0.15, 0.2) is 11.6 Å². The lowest BCUT2D eigenvalue weighted by Crippen LogP contribution is -2.16. The fourth-order valence-electron chi connectivity index (χ4n) is 1.55. The standard InChI is InChI=1S/C13H11F2N3O/c1-7-2-3-10(9(14)6-7)18-13(19)8-4-5-17-12(16)11(8)15/h2-6H,1H3,(H2,16,17)(H,18,19). The van der Waals surface area contributed by atoms with Crippen LogP contribution in [0, 0.1) is 18.6 Å². The van der Waals surface area contributed by atoms with Crippen molar-refractivity contribution in [1.82, 2.24) is 4.98 Å². The molecule has 0 atom stereocenters. The van der Waals surface area contributed by atoms with E-state index in [0.717, 1.165) is 5.56 Å². The molecule has 6 heteroatoms. The zero-order valence-electron chi connectivity index (χ0n) is 10.1. The summed E-state index contributed by atoms with van der Waals surface area (Å²) >= 11 is 0. The summed E-state index contributed by atoms with van der Waals surface area (Å²) in [5, 5.41) is 2.28. The topological polar surface area (TPSA) is 68.0 Å². The van der Waals surface area contributed by atoms with E-state index in [1.807, 2.05) is 0 Å². The number of halogens is 2. The maximum absolute atomic E-state index is 13.6. The van der Waals surface area contributed by atoms with Crippen molar-refractivity contribution in [1.29, 1.82) is 0 Å². The van der Waals surface area contributed by atoms with Crippen LogP contribution >= 0.6 is 0 Å². The number of nitrogens with zero attached hydrogens (tertiary/aromatic N) is 1. The first kappa shape index (κ1) is 12.9. The molecule has 0 aliphatic rings. The van der Waals surface area contributed by atoms with Gasteiger partial charge in [0.25, 0.3) is 5.91 Å². The molecule has 0 aliphatic heterocycles. The highest BCUT2D eigenvalue weighted by molar-refractivity contribution is 6.04. The van der Waals surface area contributed by atoms with Gasteiger partial charge in [-0.05, 0) is 30.7 Å². The Morgan fingerprint density at radius 2 is 2.05 bits per heavy atom. The molecule has 2 rings (SSSR count). The van der Waals surface area contributed by atoms with Gasteiger partial charge in [0.2, 0.25) is 0 Å². The van der Waals surface area contributed by atoms with Gasteiger partial charge in [0.1, 0.15) is 5.82 Å². The van der Waals surface area contributed by atoms with Crippen molar-refractivity contribution in [3.8, 4) is 0 Å². The number of hydrogen-bond acceptors (Lipinski definition) is 3. The van der Waals surface area contributed by atoms with Gasteiger partial charge in [-0.1, -0.05) is 6.07 Å². The first-order chi connectivity index (χ1) is 8.99. The van der Waals surface area contributed by atoms with Crippen LogP contribution in [0.5, 0.6) is 0 Å². The highest BCUT2D eigenvalue weighted by atomic mass is 19.1. The Hall–Kier alpha value is -2.50. The lowest BCUT2D eigenvalue weighted by Gasteiger charge is -2.08. The summed E-state index contributed by atoms with van der Waals surface area (Å²) in [6.07, 6.45) is 1.21. The number of benzene rings is 1. The number of anilines is 2. The number of carbonyl (C=O) groups is 1. The summed E-state index contributed by atoms with van der Waals surface area (Å²) in [7, 11) is 0. The molecular formula is C13H11F2N3O. The number of nitrogens with two attached hydrogens (primary N) is 1. The molecule has 0 saturated heterocycles. The lowest BCUT2D eigenvalue weighted by atomic mass is 10.2. The van der Waals surface area contributed by atoms with Crippen molar-refractivity contribution in [2.45, 2.75) is 6.92 Å². The molecule has 3 N–H and O–H groups in total. The molecule has 1 heterocycles. The van der Waals surface area contributed by atoms with Crippen LogP contribution in [0.25, 0.3) is 0 Å². The monoisotopic (exact) mass is 263 g/mol. The molecule has 19 heavy (non-hydrogen) atoms. The van der Waals surface area contributed by atoms with Gasteiger partial charge in [-0.25, -0.2) is 13.8 Å². The number of amides is 1. The van der Waals surface area contributed by atoms with Crippen LogP contribution in [-0.4, -0.2) is 10.9 Å². The number of carbonyl (C=O) groups excluding carboxylic acids is 1. The van der Waals surface area contributed by atoms with Crippen molar-refractivity contribution in [2.24, 2.45) is 0 Å². The lowest BCUT2D eigenvalue weighted by molar-refractivity contribution is 0.102. The fourth-order valence-corrected chi connectivity index (χ4v) is 1.55. The number of nitrogens with one attached hydrogen (secondary N) is 1. The summed E-state index contributed by atoms with van der Waals surface area (Å²) in [5.41, 5.74) is 5.67. The second kappa shape index (κ2) is 5.01. The van der Waals surface area contributed by atoms with E-state index in [2.05, 4.69) is 10.3 Å². The van der Waals surface area contributed by atoms with Crippen LogP contribution in [0.1, 0.15) is 15.9 Å². The zero-order valence-corrected chi connectivity index (χ0v) is 10.1. The van der Waals surface area contributed by atoms with E-state index < -0.39 is 17.5 Å². The summed E-state index contributed by atoms with van der Waals surface area (Å²) in [4.78, 5) is 15.3. The Bertz CT molecular complexity index is 644. The minimum absolute atomic E-state index is 0.0228. The van der Waals surface area contributed by atoms with Crippen LogP contribution in [0.4, 0.5) is 20.3 Å². The Balaban J connectivity index is 2.28. The number of aromatic nitrogens is 1. The number of nitrogen functional groups attached to an aromatic ring is 1. The van der Waals surface area contributed by atoms with Crippen molar-refractivity contribution in [2.75, 3.05) is 11.1 Å². The zero-order chi connectivity index (χ0) is 14.0. The molecule has 0 unspecified atom stereocenters. The number of aryl methyl sites for hydroxylation is 1. The summed E-state index contributed by atoms with van der Waals surface area (Å²) < 4.78 is 27.1. The van der Waals surface area contributed by atoms with Crippen LogP contribution in [0.3, 0.4) is 0 Å². The Morgan fingerprint density at radius 3 is 2.74 bits per heavy atom. The average Bonchev–Trinajstić information content (AvgIpc) is 2.36. The maximum atomic E-state index is 13.6. The first-order valence-electron chi connectivity index (χ1n) is 5.46. The van der Waals surface area contributed by atoms with E-state index in [9.17, 15) is 13.6 Å². The third kappa shape index (κ3) is 2.67. The second-order valence-corrected chi connectivity index (χ2v) is 4.00. The fraction of sp³-hybridized carbons (Fsp3) is 0.0769. The molecule has 0 bridgehead atoms. The largest absolute Gasteiger partial charge is 0.381 e. The molecule has 1 aromatic heterocycles. The smallest absolute Gasteiger partial charge is 0.258 e. The van der Waals surface area contributed by atoms with Gasteiger partial charge in [-0.2, -0.15) is 0 Å². The Labute approximate surface area is 108 Å². The Morgan fingerprint density at radius 1 is 1.32 bits per heavy atom.